The maximum Gasteiger partial charge on any atom is 0.410 e. The van der Waals surface area contributed by atoms with Crippen molar-refractivity contribution in [1.29, 1.82) is 0 Å². The van der Waals surface area contributed by atoms with Crippen LogP contribution in [0.25, 0.3) is 33.6 Å². The highest BCUT2D eigenvalue weighted by atomic mass is 16.5. The highest BCUT2D eigenvalue weighted by Crippen LogP contribution is 2.35. The first-order valence-corrected chi connectivity index (χ1v) is 19.4. The van der Waals surface area contributed by atoms with Crippen molar-refractivity contribution in [2.24, 2.45) is 11.8 Å². The van der Waals surface area contributed by atoms with Crippen LogP contribution >= 0.6 is 0 Å². The van der Waals surface area contributed by atoms with Crippen molar-refractivity contribution < 1.29 is 38.5 Å². The molecule has 2 fully saturated rings. The molecule has 0 saturated carbocycles. The molecule has 2 aliphatic rings. The fourth-order valence-corrected chi connectivity index (χ4v) is 7.62. The molecule has 0 spiro atoms. The number of carbonyl (C=O) groups excluding carboxylic acids is 4. The van der Waals surface area contributed by atoms with Crippen LogP contribution in [0.3, 0.4) is 0 Å². The van der Waals surface area contributed by atoms with Crippen LogP contribution in [0.1, 0.15) is 64.3 Å². The number of hydrogen-bond acceptors (Lipinski definition) is 11. The lowest BCUT2D eigenvalue weighted by molar-refractivity contribution is -0.135. The Morgan fingerprint density at radius 2 is 1.26 bits per heavy atom. The molecule has 4 amide bonds. The van der Waals surface area contributed by atoms with E-state index in [-0.39, 0.29) is 37.0 Å². The first kappa shape index (κ1) is 41.7. The number of carbonyl (C=O) groups is 4. The van der Waals surface area contributed by atoms with Crippen molar-refractivity contribution in [2.75, 3.05) is 41.1 Å². The van der Waals surface area contributed by atoms with Crippen molar-refractivity contribution >= 4 is 24.2 Å². The van der Waals surface area contributed by atoms with Gasteiger partial charge in [-0.05, 0) is 46.9 Å². The number of amides is 4. The molecule has 0 aliphatic carbocycles. The van der Waals surface area contributed by atoms with Crippen LogP contribution in [0.4, 0.5) is 14.4 Å². The van der Waals surface area contributed by atoms with Gasteiger partial charge in [-0.3, -0.25) is 14.6 Å². The predicted molar refractivity (Wildman–Crippen MR) is 214 cm³/mol. The van der Waals surface area contributed by atoms with Gasteiger partial charge in [0, 0.05) is 6.54 Å². The van der Waals surface area contributed by atoms with Crippen LogP contribution in [0.2, 0.25) is 0 Å². The molecule has 2 aliphatic heterocycles. The third-order valence-corrected chi connectivity index (χ3v) is 10.9. The number of imidazole rings is 2. The second-order valence-corrected chi connectivity index (χ2v) is 15.2. The fraction of sp³-hybridized carbons (Fsp3) is 0.463. The normalized spacial score (nSPS) is 18.6. The Morgan fingerprint density at radius 3 is 1.76 bits per heavy atom. The van der Waals surface area contributed by atoms with Crippen LogP contribution in [0.15, 0.2) is 60.9 Å². The average molecular weight is 800 g/mol. The molecule has 310 valence electrons. The van der Waals surface area contributed by atoms with Crippen LogP contribution in [-0.2, 0) is 19.0 Å². The minimum atomic E-state index is -0.908. The largest absolute Gasteiger partial charge is 0.453 e. The lowest BCUT2D eigenvalue weighted by Crippen LogP contribution is -2.54. The molecule has 6 rings (SSSR count). The van der Waals surface area contributed by atoms with Gasteiger partial charge in [0.25, 0.3) is 0 Å². The van der Waals surface area contributed by atoms with Crippen molar-refractivity contribution in [1.82, 2.24) is 45.3 Å². The molecule has 5 N–H and O–H groups in total. The van der Waals surface area contributed by atoms with Crippen molar-refractivity contribution in [3.63, 3.8) is 0 Å². The number of aromatic nitrogens is 4. The van der Waals surface area contributed by atoms with E-state index in [2.05, 4.69) is 37.7 Å². The molecule has 2 saturated heterocycles. The SMILES string of the molecule is COC(=O)N[C@H](C(=O)N1CN(C(=O)OC)C[C@H]1c1ncc(-c2ccc(-c3ccc(-c4cnc([C@@H]5CCCN5[C@H](O)[C@@H](NC(=O)OC)C(C)C)[nH]4)cc3)cc2)[nH]1)C(C)C. The number of H-pyrrole nitrogens is 2. The number of benzene rings is 2. The Morgan fingerprint density at radius 1 is 0.741 bits per heavy atom. The number of aliphatic hydroxyl groups is 1. The number of aromatic amines is 2. The second kappa shape index (κ2) is 18.1. The van der Waals surface area contributed by atoms with E-state index in [1.165, 1.54) is 31.1 Å². The zero-order valence-corrected chi connectivity index (χ0v) is 33.9. The van der Waals surface area contributed by atoms with Crippen LogP contribution in [0.5, 0.6) is 0 Å². The lowest BCUT2D eigenvalue weighted by Gasteiger charge is -2.35. The molecule has 58 heavy (non-hydrogen) atoms. The van der Waals surface area contributed by atoms with Crippen molar-refractivity contribution in [3.8, 4) is 33.6 Å². The molecule has 2 aromatic heterocycles. The molecule has 2 aromatic carbocycles. The Bertz CT molecular complexity index is 2050. The minimum absolute atomic E-state index is 0.0209. The predicted octanol–water partition coefficient (Wildman–Crippen LogP) is 5.26. The van der Waals surface area contributed by atoms with Gasteiger partial charge in [-0.1, -0.05) is 76.2 Å². The number of aliphatic hydroxyl groups excluding tert-OH is 1. The summed E-state index contributed by atoms with van der Waals surface area (Å²) < 4.78 is 14.5. The summed E-state index contributed by atoms with van der Waals surface area (Å²) in [5.41, 5.74) is 5.47. The zero-order valence-electron chi connectivity index (χ0n) is 33.9. The van der Waals surface area contributed by atoms with Gasteiger partial charge in [-0.2, -0.15) is 0 Å². The second-order valence-electron chi connectivity index (χ2n) is 15.2. The number of nitrogens with zero attached hydrogens (tertiary/aromatic N) is 5. The number of methoxy groups -OCH3 is 3. The van der Waals surface area contributed by atoms with Gasteiger partial charge in [-0.25, -0.2) is 24.4 Å². The number of ether oxygens (including phenoxy) is 3. The van der Waals surface area contributed by atoms with E-state index in [0.717, 1.165) is 52.3 Å². The average Bonchev–Trinajstić information content (AvgIpc) is 4.07. The highest BCUT2D eigenvalue weighted by molar-refractivity contribution is 5.87. The fourth-order valence-electron chi connectivity index (χ4n) is 7.62. The monoisotopic (exact) mass is 799 g/mol. The number of alkyl carbamates (subject to hydrolysis) is 2. The Balaban J connectivity index is 1.14. The summed E-state index contributed by atoms with van der Waals surface area (Å²) in [6.45, 7) is 8.32. The van der Waals surface area contributed by atoms with Crippen molar-refractivity contribution in [2.45, 2.75) is 70.9 Å². The minimum Gasteiger partial charge on any atom is -0.453 e. The number of nitrogens with one attached hydrogen (secondary N) is 4. The zero-order chi connectivity index (χ0) is 41.7. The first-order valence-electron chi connectivity index (χ1n) is 19.4. The number of hydrogen-bond donors (Lipinski definition) is 5. The van der Waals surface area contributed by atoms with Crippen LogP contribution in [-0.4, -0.2) is 123 Å². The molecule has 4 heterocycles. The van der Waals surface area contributed by atoms with Crippen LogP contribution < -0.4 is 10.6 Å². The summed E-state index contributed by atoms with van der Waals surface area (Å²) in [7, 11) is 3.83. The van der Waals surface area contributed by atoms with Crippen LogP contribution in [0, 0.1) is 11.8 Å². The summed E-state index contributed by atoms with van der Waals surface area (Å²) >= 11 is 0. The summed E-state index contributed by atoms with van der Waals surface area (Å²) in [5, 5.41) is 16.7. The Labute approximate surface area is 337 Å². The number of likely N-dealkylation sites (tertiary alicyclic amines) is 1. The quantitative estimate of drug-likeness (QED) is 0.117. The molecular formula is C41H53N9O8. The highest BCUT2D eigenvalue weighted by Gasteiger charge is 2.43. The molecule has 5 atom stereocenters. The molecule has 0 unspecified atom stereocenters. The standard InChI is InChI=1S/C41H53N9O8/c1-23(2)33(46-39(53)56-5)37(51)49-18-8-9-31(49)35-42-19-29(44-35)27-14-10-25(11-15-27)26-12-16-28(17-13-26)30-20-43-36(45-30)32-21-48(41(55)58-7)22-50(32)38(52)34(24(3)4)47-40(54)57-6/h10-17,19-20,23-24,31-34,37,51H,8-9,18,21-22H2,1-7H3,(H,42,44)(H,43,45)(H,46,53)(H,47,54)/t31-,32-,33-,34-,37+/m0/s1. The molecule has 0 radical (unpaired) electrons. The van der Waals surface area contributed by atoms with Gasteiger partial charge in [0.2, 0.25) is 5.91 Å². The summed E-state index contributed by atoms with van der Waals surface area (Å²) in [4.78, 5) is 71.4. The topological polar surface area (TPSA) is 207 Å². The summed E-state index contributed by atoms with van der Waals surface area (Å²) in [5.74, 6) is 0.602. The van der Waals surface area contributed by atoms with E-state index >= 15 is 0 Å². The van der Waals surface area contributed by atoms with Gasteiger partial charge in [-0.15, -0.1) is 0 Å². The smallest absolute Gasteiger partial charge is 0.410 e. The molecule has 0 bridgehead atoms. The van der Waals surface area contributed by atoms with E-state index in [1.807, 2.05) is 75.2 Å². The van der Waals surface area contributed by atoms with E-state index in [0.29, 0.717) is 12.4 Å². The number of rotatable bonds is 12. The van der Waals surface area contributed by atoms with Gasteiger partial charge in [0.1, 0.15) is 30.0 Å². The third-order valence-electron chi connectivity index (χ3n) is 10.9. The first-order chi connectivity index (χ1) is 27.8. The summed E-state index contributed by atoms with van der Waals surface area (Å²) in [6.07, 6.45) is 2.43. The van der Waals surface area contributed by atoms with E-state index in [4.69, 9.17) is 19.2 Å². The summed E-state index contributed by atoms with van der Waals surface area (Å²) in [6, 6.07) is 14.1. The molecule has 17 nitrogen and oxygen atoms in total. The van der Waals surface area contributed by atoms with Gasteiger partial charge >= 0.3 is 18.3 Å². The van der Waals surface area contributed by atoms with Gasteiger partial charge in [0.15, 0.2) is 0 Å². The maximum absolute atomic E-state index is 13.8. The lowest BCUT2D eigenvalue weighted by atomic mass is 10.0. The van der Waals surface area contributed by atoms with Gasteiger partial charge in [0.05, 0.1) is 70.4 Å². The van der Waals surface area contributed by atoms with E-state index in [9.17, 15) is 24.3 Å². The Hall–Kier alpha value is -5.94. The van der Waals surface area contributed by atoms with Crippen molar-refractivity contribution in [3.05, 3.63) is 72.6 Å². The van der Waals surface area contributed by atoms with E-state index in [1.54, 1.807) is 6.20 Å². The maximum atomic E-state index is 13.8. The molecular weight excluding hydrogens is 747 g/mol. The van der Waals surface area contributed by atoms with Gasteiger partial charge < -0.3 is 44.8 Å². The molecule has 17 heteroatoms. The molecule has 4 aromatic rings. The van der Waals surface area contributed by atoms with E-state index < -0.39 is 42.6 Å². The Kier molecular flexibility index (Phi) is 13.0. The third kappa shape index (κ3) is 8.95.